The van der Waals surface area contributed by atoms with Crippen molar-refractivity contribution in [2.75, 3.05) is 11.1 Å². The summed E-state index contributed by atoms with van der Waals surface area (Å²) in [6.07, 6.45) is 1.78. The molecule has 0 spiro atoms. The van der Waals surface area contributed by atoms with Gasteiger partial charge in [-0.25, -0.2) is 4.39 Å². The molecule has 0 aliphatic carbocycles. The predicted molar refractivity (Wildman–Crippen MR) is 63.5 cm³/mol. The zero-order chi connectivity index (χ0) is 12.1. The van der Waals surface area contributed by atoms with Gasteiger partial charge in [0.2, 0.25) is 5.91 Å². The number of carbonyl (C=O) groups is 1. The van der Waals surface area contributed by atoms with Crippen molar-refractivity contribution >= 4 is 17.3 Å². The van der Waals surface area contributed by atoms with Gasteiger partial charge in [0.15, 0.2) is 0 Å². The van der Waals surface area contributed by atoms with Gasteiger partial charge in [0.25, 0.3) is 0 Å². The average Bonchev–Trinajstić information content (AvgIpc) is 2.22. The number of hydrogen-bond donors (Lipinski definition) is 2. The van der Waals surface area contributed by atoms with Crippen LogP contribution in [0.15, 0.2) is 18.2 Å². The highest BCUT2D eigenvalue weighted by atomic mass is 19.1. The molecule has 0 fully saturated rings. The molecule has 3 nitrogen and oxygen atoms in total. The van der Waals surface area contributed by atoms with Crippen LogP contribution in [0.4, 0.5) is 15.8 Å². The van der Waals surface area contributed by atoms with E-state index < -0.39 is 5.82 Å². The summed E-state index contributed by atoms with van der Waals surface area (Å²) >= 11 is 0. The summed E-state index contributed by atoms with van der Waals surface area (Å²) in [6, 6.07) is 3.94. The summed E-state index contributed by atoms with van der Waals surface area (Å²) in [6.45, 7) is 3.88. The normalized spacial score (nSPS) is 12.2. The molecule has 0 saturated carbocycles. The van der Waals surface area contributed by atoms with E-state index in [0.29, 0.717) is 5.69 Å². The number of nitrogens with one attached hydrogen (secondary N) is 1. The molecule has 0 aromatic heterocycles. The number of benzene rings is 1. The summed E-state index contributed by atoms with van der Waals surface area (Å²) in [5.74, 6) is -0.549. The lowest BCUT2D eigenvalue weighted by atomic mass is 10.1. The minimum absolute atomic E-state index is 0.0607. The molecular formula is C12H17FN2O. The maximum Gasteiger partial charge on any atom is 0.227 e. The van der Waals surface area contributed by atoms with Crippen molar-refractivity contribution in [3.05, 3.63) is 24.0 Å². The number of carbonyl (C=O) groups excluding carboxylic acids is 1. The third-order valence-electron chi connectivity index (χ3n) is 2.44. The van der Waals surface area contributed by atoms with Crippen molar-refractivity contribution in [2.24, 2.45) is 5.92 Å². The van der Waals surface area contributed by atoms with Gasteiger partial charge < -0.3 is 11.1 Å². The van der Waals surface area contributed by atoms with Crippen molar-refractivity contribution in [1.29, 1.82) is 0 Å². The molecule has 1 aromatic carbocycles. The molecule has 3 N–H and O–H groups in total. The molecule has 1 aromatic rings. The minimum Gasteiger partial charge on any atom is -0.397 e. The minimum atomic E-state index is -0.405. The monoisotopic (exact) mass is 224 g/mol. The van der Waals surface area contributed by atoms with Crippen molar-refractivity contribution in [2.45, 2.75) is 26.7 Å². The second-order valence-electron chi connectivity index (χ2n) is 3.91. The van der Waals surface area contributed by atoms with Gasteiger partial charge in [-0.2, -0.15) is 0 Å². The van der Waals surface area contributed by atoms with Crippen LogP contribution in [0.5, 0.6) is 0 Å². The lowest BCUT2D eigenvalue weighted by Gasteiger charge is -2.12. The highest BCUT2D eigenvalue weighted by molar-refractivity contribution is 5.95. The summed E-state index contributed by atoms with van der Waals surface area (Å²) in [7, 11) is 0. The lowest BCUT2D eigenvalue weighted by Crippen LogP contribution is -2.20. The van der Waals surface area contributed by atoms with Gasteiger partial charge in [-0.15, -0.1) is 0 Å². The van der Waals surface area contributed by atoms with E-state index >= 15 is 0 Å². The van der Waals surface area contributed by atoms with Crippen LogP contribution in [-0.4, -0.2) is 5.91 Å². The van der Waals surface area contributed by atoms with E-state index in [4.69, 9.17) is 5.73 Å². The van der Waals surface area contributed by atoms with E-state index in [9.17, 15) is 9.18 Å². The largest absolute Gasteiger partial charge is 0.397 e. The topological polar surface area (TPSA) is 55.1 Å². The van der Waals surface area contributed by atoms with Gasteiger partial charge in [0.1, 0.15) is 5.82 Å². The molecule has 1 amide bonds. The third kappa shape index (κ3) is 3.22. The van der Waals surface area contributed by atoms with Gasteiger partial charge in [-0.05, 0) is 24.6 Å². The van der Waals surface area contributed by atoms with Crippen molar-refractivity contribution in [3.8, 4) is 0 Å². The van der Waals surface area contributed by atoms with Gasteiger partial charge in [-0.3, -0.25) is 4.79 Å². The lowest BCUT2D eigenvalue weighted by molar-refractivity contribution is -0.119. The van der Waals surface area contributed by atoms with Crippen molar-refractivity contribution < 1.29 is 9.18 Å². The van der Waals surface area contributed by atoms with Crippen LogP contribution in [0.3, 0.4) is 0 Å². The Hall–Kier alpha value is -1.58. The Morgan fingerprint density at radius 1 is 1.56 bits per heavy atom. The molecule has 1 atom stereocenters. The molecule has 88 valence electrons. The van der Waals surface area contributed by atoms with Crippen LogP contribution < -0.4 is 11.1 Å². The standard InChI is InChI=1S/C12H17FN2O/c1-3-4-8(2)12(16)15-11-6-5-9(13)7-10(11)14/h5-8H,3-4,14H2,1-2H3,(H,15,16)/t8-/m1/s1. The number of halogens is 1. The van der Waals surface area contributed by atoms with E-state index in [1.807, 2.05) is 13.8 Å². The van der Waals surface area contributed by atoms with E-state index in [0.717, 1.165) is 12.8 Å². The first-order chi connectivity index (χ1) is 7.54. The van der Waals surface area contributed by atoms with E-state index in [-0.39, 0.29) is 17.5 Å². The van der Waals surface area contributed by atoms with E-state index in [1.165, 1.54) is 18.2 Å². The van der Waals surface area contributed by atoms with Crippen LogP contribution in [0.25, 0.3) is 0 Å². The van der Waals surface area contributed by atoms with Crippen LogP contribution in [0, 0.1) is 11.7 Å². The SMILES string of the molecule is CCC[C@@H](C)C(=O)Nc1ccc(F)cc1N. The molecule has 0 heterocycles. The summed E-state index contributed by atoms with van der Waals surface area (Å²) in [4.78, 5) is 11.7. The maximum absolute atomic E-state index is 12.8. The Bertz CT molecular complexity index is 379. The molecule has 0 saturated heterocycles. The summed E-state index contributed by atoms with van der Waals surface area (Å²) in [5, 5.41) is 2.69. The predicted octanol–water partition coefficient (Wildman–Crippen LogP) is 2.78. The summed E-state index contributed by atoms with van der Waals surface area (Å²) < 4.78 is 12.8. The number of amides is 1. The zero-order valence-corrected chi connectivity index (χ0v) is 9.59. The fraction of sp³-hybridized carbons (Fsp3) is 0.417. The van der Waals surface area contributed by atoms with Gasteiger partial charge in [-0.1, -0.05) is 20.3 Å². The van der Waals surface area contributed by atoms with Gasteiger partial charge in [0.05, 0.1) is 11.4 Å². The Morgan fingerprint density at radius 3 is 2.81 bits per heavy atom. The first kappa shape index (κ1) is 12.5. The van der Waals surface area contributed by atoms with Crippen molar-refractivity contribution in [3.63, 3.8) is 0 Å². The van der Waals surface area contributed by atoms with E-state index in [1.54, 1.807) is 0 Å². The maximum atomic E-state index is 12.8. The first-order valence-electron chi connectivity index (χ1n) is 5.40. The molecular weight excluding hydrogens is 207 g/mol. The second-order valence-corrected chi connectivity index (χ2v) is 3.91. The quantitative estimate of drug-likeness (QED) is 0.773. The number of hydrogen-bond acceptors (Lipinski definition) is 2. The Labute approximate surface area is 94.8 Å². The van der Waals surface area contributed by atoms with Gasteiger partial charge >= 0.3 is 0 Å². The molecule has 0 unspecified atom stereocenters. The highest BCUT2D eigenvalue weighted by Gasteiger charge is 2.13. The van der Waals surface area contributed by atoms with Crippen LogP contribution in [0.1, 0.15) is 26.7 Å². The Kier molecular flexibility index (Phi) is 4.28. The fourth-order valence-corrected chi connectivity index (χ4v) is 1.47. The Morgan fingerprint density at radius 2 is 2.25 bits per heavy atom. The van der Waals surface area contributed by atoms with Crippen molar-refractivity contribution in [1.82, 2.24) is 0 Å². The third-order valence-corrected chi connectivity index (χ3v) is 2.44. The number of rotatable bonds is 4. The Balaban J connectivity index is 2.69. The van der Waals surface area contributed by atoms with E-state index in [2.05, 4.69) is 5.32 Å². The highest BCUT2D eigenvalue weighted by Crippen LogP contribution is 2.20. The molecule has 1 rings (SSSR count). The zero-order valence-electron chi connectivity index (χ0n) is 9.59. The summed E-state index contributed by atoms with van der Waals surface area (Å²) in [5.41, 5.74) is 6.30. The average molecular weight is 224 g/mol. The number of anilines is 2. The molecule has 0 aliphatic rings. The van der Waals surface area contributed by atoms with Gasteiger partial charge in [0, 0.05) is 5.92 Å². The number of nitrogen functional groups attached to an aromatic ring is 1. The molecule has 0 bridgehead atoms. The molecule has 4 heteroatoms. The van der Waals surface area contributed by atoms with Crippen LogP contribution in [-0.2, 0) is 4.79 Å². The molecule has 0 aliphatic heterocycles. The van der Waals surface area contributed by atoms with Crippen LogP contribution in [0.2, 0.25) is 0 Å². The molecule has 0 radical (unpaired) electrons. The second kappa shape index (κ2) is 5.49. The first-order valence-corrected chi connectivity index (χ1v) is 5.40. The van der Waals surface area contributed by atoms with Crippen LogP contribution >= 0.6 is 0 Å². The number of nitrogens with two attached hydrogens (primary N) is 1. The fourth-order valence-electron chi connectivity index (χ4n) is 1.47. The smallest absolute Gasteiger partial charge is 0.227 e. The molecule has 16 heavy (non-hydrogen) atoms.